The molecule has 0 rings (SSSR count). The Hall–Kier alpha value is 0.100. The highest BCUT2D eigenvalue weighted by Gasteiger charge is 2.41. The minimum absolute atomic E-state index is 0.0110. The molecular formula is C22H43F3OS. The van der Waals surface area contributed by atoms with E-state index in [1.54, 1.807) is 11.8 Å². The van der Waals surface area contributed by atoms with E-state index in [4.69, 9.17) is 4.74 Å². The molecule has 0 radical (unpaired) electrons. The normalized spacial score (nSPS) is 16.9. The lowest BCUT2D eigenvalue weighted by atomic mass is 9.69. The van der Waals surface area contributed by atoms with E-state index >= 15 is 0 Å². The van der Waals surface area contributed by atoms with Gasteiger partial charge in [-0.3, -0.25) is 0 Å². The molecule has 0 heterocycles. The standard InChI is InChI=1S/C22H43F3OS/c1-6-8-9-10-11-12-19(3)21(4,16-18-27-5)15-13-20(22(23,24)25)14-17-26-7-2/h19-20H,6-18H2,1-5H3. The van der Waals surface area contributed by atoms with E-state index in [0.717, 1.165) is 18.6 Å². The van der Waals surface area contributed by atoms with E-state index in [2.05, 4.69) is 27.0 Å². The van der Waals surface area contributed by atoms with Gasteiger partial charge in [-0.25, -0.2) is 0 Å². The van der Waals surface area contributed by atoms with Crippen LogP contribution in [0.5, 0.6) is 0 Å². The van der Waals surface area contributed by atoms with Gasteiger partial charge in [0.2, 0.25) is 0 Å². The van der Waals surface area contributed by atoms with Gasteiger partial charge in [0.15, 0.2) is 0 Å². The first kappa shape index (κ1) is 27.1. The van der Waals surface area contributed by atoms with Crippen molar-refractivity contribution in [1.29, 1.82) is 0 Å². The van der Waals surface area contributed by atoms with Crippen molar-refractivity contribution in [2.45, 2.75) is 98.1 Å². The fourth-order valence-electron chi connectivity index (χ4n) is 3.70. The first-order chi connectivity index (χ1) is 12.7. The van der Waals surface area contributed by atoms with E-state index in [9.17, 15) is 13.2 Å². The number of alkyl halides is 3. The smallest absolute Gasteiger partial charge is 0.382 e. The van der Waals surface area contributed by atoms with Gasteiger partial charge in [0.05, 0.1) is 5.92 Å². The number of halogens is 3. The Morgan fingerprint density at radius 3 is 2.15 bits per heavy atom. The third kappa shape index (κ3) is 12.3. The molecule has 0 aliphatic carbocycles. The molecule has 0 N–H and O–H groups in total. The Kier molecular flexibility index (Phi) is 15.1. The summed E-state index contributed by atoms with van der Waals surface area (Å²) in [5.41, 5.74) is -0.0110. The number of ether oxygens (including phenoxy) is 1. The Balaban J connectivity index is 4.76. The van der Waals surface area contributed by atoms with Crippen molar-refractivity contribution in [3.63, 3.8) is 0 Å². The average molecular weight is 413 g/mol. The minimum atomic E-state index is -4.12. The Morgan fingerprint density at radius 2 is 1.59 bits per heavy atom. The second kappa shape index (κ2) is 15.0. The molecule has 1 nitrogen and oxygen atoms in total. The van der Waals surface area contributed by atoms with Gasteiger partial charge in [0, 0.05) is 13.2 Å². The largest absolute Gasteiger partial charge is 0.391 e. The molecule has 164 valence electrons. The van der Waals surface area contributed by atoms with E-state index in [1.807, 2.05) is 6.92 Å². The molecule has 0 amide bonds. The van der Waals surface area contributed by atoms with Crippen molar-refractivity contribution in [3.05, 3.63) is 0 Å². The maximum absolute atomic E-state index is 13.4. The van der Waals surface area contributed by atoms with Gasteiger partial charge >= 0.3 is 6.18 Å². The lowest BCUT2D eigenvalue weighted by molar-refractivity contribution is -0.183. The summed E-state index contributed by atoms with van der Waals surface area (Å²) in [6.07, 6.45) is 7.29. The van der Waals surface area contributed by atoms with Gasteiger partial charge in [0.25, 0.3) is 0 Å². The van der Waals surface area contributed by atoms with Crippen LogP contribution in [-0.4, -0.2) is 31.4 Å². The third-order valence-electron chi connectivity index (χ3n) is 6.15. The number of rotatable bonds is 17. The molecule has 3 unspecified atom stereocenters. The van der Waals surface area contributed by atoms with E-state index < -0.39 is 12.1 Å². The summed E-state index contributed by atoms with van der Waals surface area (Å²) in [6, 6.07) is 0. The number of unbranched alkanes of at least 4 members (excludes halogenated alkanes) is 4. The summed E-state index contributed by atoms with van der Waals surface area (Å²) >= 11 is 1.80. The Labute approximate surface area is 170 Å². The van der Waals surface area contributed by atoms with Gasteiger partial charge < -0.3 is 4.74 Å². The summed E-state index contributed by atoms with van der Waals surface area (Å²) in [5.74, 6) is 0.244. The average Bonchev–Trinajstić information content (AvgIpc) is 2.61. The fraction of sp³-hybridized carbons (Fsp3) is 1.00. The van der Waals surface area contributed by atoms with Crippen molar-refractivity contribution in [3.8, 4) is 0 Å². The molecule has 0 fully saturated rings. The Morgan fingerprint density at radius 1 is 0.926 bits per heavy atom. The minimum Gasteiger partial charge on any atom is -0.382 e. The van der Waals surface area contributed by atoms with E-state index in [1.165, 1.54) is 32.1 Å². The molecule has 3 atom stereocenters. The molecule has 0 saturated heterocycles. The number of hydrogen-bond acceptors (Lipinski definition) is 2. The first-order valence-corrected chi connectivity index (χ1v) is 12.2. The van der Waals surface area contributed by atoms with Crippen LogP contribution in [0.3, 0.4) is 0 Å². The highest BCUT2D eigenvalue weighted by molar-refractivity contribution is 7.98. The molecule has 0 aromatic rings. The molecule has 0 aliphatic heterocycles. The molecule has 0 bridgehead atoms. The molecule has 5 heteroatoms. The van der Waals surface area contributed by atoms with Crippen LogP contribution in [0.25, 0.3) is 0 Å². The predicted molar refractivity (Wildman–Crippen MR) is 114 cm³/mol. The molecule has 0 saturated carbocycles. The fourth-order valence-corrected chi connectivity index (χ4v) is 4.37. The van der Waals surface area contributed by atoms with Crippen molar-refractivity contribution in [1.82, 2.24) is 0 Å². The summed E-state index contributed by atoms with van der Waals surface area (Å²) in [7, 11) is 0. The predicted octanol–water partition coefficient (Wildman–Crippen LogP) is 8.13. The maximum atomic E-state index is 13.4. The lowest BCUT2D eigenvalue weighted by Crippen LogP contribution is -2.31. The van der Waals surface area contributed by atoms with Crippen LogP contribution >= 0.6 is 11.8 Å². The molecule has 0 spiro atoms. The van der Waals surface area contributed by atoms with Crippen molar-refractivity contribution in [2.75, 3.05) is 25.2 Å². The van der Waals surface area contributed by atoms with Crippen LogP contribution in [0.2, 0.25) is 0 Å². The summed E-state index contributed by atoms with van der Waals surface area (Å²) in [5, 5.41) is 0. The van der Waals surface area contributed by atoms with Gasteiger partial charge in [-0.15, -0.1) is 0 Å². The highest BCUT2D eigenvalue weighted by atomic mass is 32.2. The molecular weight excluding hydrogens is 369 g/mol. The van der Waals surface area contributed by atoms with Crippen molar-refractivity contribution < 1.29 is 17.9 Å². The summed E-state index contributed by atoms with van der Waals surface area (Å²) in [4.78, 5) is 0. The van der Waals surface area contributed by atoms with Crippen LogP contribution in [0.15, 0.2) is 0 Å². The van der Waals surface area contributed by atoms with Crippen molar-refractivity contribution >= 4 is 11.8 Å². The van der Waals surface area contributed by atoms with Gasteiger partial charge in [-0.1, -0.05) is 59.3 Å². The summed E-state index contributed by atoms with van der Waals surface area (Å²) < 4.78 is 45.5. The molecule has 27 heavy (non-hydrogen) atoms. The second-order valence-electron chi connectivity index (χ2n) is 8.26. The van der Waals surface area contributed by atoms with Crippen molar-refractivity contribution in [2.24, 2.45) is 17.3 Å². The monoisotopic (exact) mass is 412 g/mol. The zero-order valence-electron chi connectivity index (χ0n) is 18.3. The third-order valence-corrected chi connectivity index (χ3v) is 6.76. The van der Waals surface area contributed by atoms with Crippen LogP contribution in [0.4, 0.5) is 13.2 Å². The van der Waals surface area contributed by atoms with E-state index in [-0.39, 0.29) is 24.9 Å². The first-order valence-electron chi connectivity index (χ1n) is 10.8. The van der Waals surface area contributed by atoms with Crippen LogP contribution < -0.4 is 0 Å². The second-order valence-corrected chi connectivity index (χ2v) is 9.25. The van der Waals surface area contributed by atoms with Gasteiger partial charge in [-0.2, -0.15) is 24.9 Å². The topological polar surface area (TPSA) is 9.23 Å². The maximum Gasteiger partial charge on any atom is 0.391 e. The molecule has 0 aromatic heterocycles. The zero-order chi connectivity index (χ0) is 20.8. The van der Waals surface area contributed by atoms with E-state index in [0.29, 0.717) is 18.9 Å². The highest BCUT2D eigenvalue weighted by Crippen LogP contribution is 2.43. The van der Waals surface area contributed by atoms with Gasteiger partial charge in [-0.05, 0) is 55.9 Å². The number of hydrogen-bond donors (Lipinski definition) is 0. The molecule has 0 aliphatic rings. The van der Waals surface area contributed by atoms with Crippen LogP contribution in [-0.2, 0) is 4.74 Å². The van der Waals surface area contributed by atoms with Crippen LogP contribution in [0.1, 0.15) is 91.9 Å². The SMILES string of the molecule is CCCCCCCC(C)C(C)(CCSC)CCC(CCOCC)C(F)(F)F. The van der Waals surface area contributed by atoms with Crippen LogP contribution in [0, 0.1) is 17.3 Å². The zero-order valence-corrected chi connectivity index (χ0v) is 19.1. The summed E-state index contributed by atoms with van der Waals surface area (Å²) in [6.45, 7) is 9.19. The molecule has 0 aromatic carbocycles. The Bertz CT molecular complexity index is 349. The number of thioether (sulfide) groups is 1. The lowest BCUT2D eigenvalue weighted by Gasteiger charge is -2.37. The van der Waals surface area contributed by atoms with Gasteiger partial charge in [0.1, 0.15) is 0 Å². The quantitative estimate of drug-likeness (QED) is 0.223.